The van der Waals surface area contributed by atoms with E-state index in [0.717, 1.165) is 17.7 Å². The van der Waals surface area contributed by atoms with E-state index in [2.05, 4.69) is 11.0 Å². The van der Waals surface area contributed by atoms with Crippen molar-refractivity contribution in [2.24, 2.45) is 0 Å². The molecule has 0 amide bonds. The number of nitrogens with zero attached hydrogens (tertiary/aromatic N) is 1. The second-order valence-corrected chi connectivity index (χ2v) is 8.52. The SMILES string of the molecule is OCC1O[C@H](SCc2ccccc2)C(O)C(N2C=C(c3cc(F)c(F)c(F)c3)NN2)[C@H]1O. The van der Waals surface area contributed by atoms with Crippen LogP contribution in [0.3, 0.4) is 0 Å². The van der Waals surface area contributed by atoms with Crippen LogP contribution in [0.25, 0.3) is 5.70 Å². The zero-order chi connectivity index (χ0) is 22.8. The molecule has 172 valence electrons. The normalized spacial score (nSPS) is 27.9. The Kier molecular flexibility index (Phi) is 6.93. The lowest BCUT2D eigenvalue weighted by Crippen LogP contribution is -2.65. The van der Waals surface area contributed by atoms with Gasteiger partial charge in [0.05, 0.1) is 12.3 Å². The lowest BCUT2D eigenvalue weighted by atomic mass is 9.97. The highest BCUT2D eigenvalue weighted by Crippen LogP contribution is 2.33. The number of hydrazine groups is 2. The zero-order valence-electron chi connectivity index (χ0n) is 16.7. The maximum Gasteiger partial charge on any atom is 0.194 e. The Balaban J connectivity index is 1.54. The first-order chi connectivity index (χ1) is 15.4. The van der Waals surface area contributed by atoms with Gasteiger partial charge in [-0.15, -0.1) is 17.3 Å². The third kappa shape index (κ3) is 4.58. The van der Waals surface area contributed by atoms with Crippen molar-refractivity contribution in [2.75, 3.05) is 6.61 Å². The molecule has 0 aliphatic carbocycles. The van der Waals surface area contributed by atoms with Crippen LogP contribution >= 0.6 is 11.8 Å². The van der Waals surface area contributed by atoms with Gasteiger partial charge in [-0.1, -0.05) is 30.3 Å². The lowest BCUT2D eigenvalue weighted by Gasteiger charge is -2.45. The summed E-state index contributed by atoms with van der Waals surface area (Å²) in [6.07, 6.45) is -2.04. The predicted octanol–water partition coefficient (Wildman–Crippen LogP) is 1.47. The van der Waals surface area contributed by atoms with Gasteiger partial charge in [-0.25, -0.2) is 13.2 Å². The van der Waals surface area contributed by atoms with E-state index in [1.165, 1.54) is 23.0 Å². The highest BCUT2D eigenvalue weighted by molar-refractivity contribution is 7.99. The van der Waals surface area contributed by atoms with Gasteiger partial charge in [0.15, 0.2) is 17.5 Å². The van der Waals surface area contributed by atoms with Gasteiger partial charge in [0.1, 0.15) is 29.8 Å². The quantitative estimate of drug-likeness (QED) is 0.406. The van der Waals surface area contributed by atoms with Crippen LogP contribution in [0.1, 0.15) is 11.1 Å². The Morgan fingerprint density at radius 1 is 1.03 bits per heavy atom. The van der Waals surface area contributed by atoms with Crippen molar-refractivity contribution < 1.29 is 33.2 Å². The van der Waals surface area contributed by atoms with E-state index in [-0.39, 0.29) is 11.3 Å². The van der Waals surface area contributed by atoms with Crippen LogP contribution in [0.5, 0.6) is 0 Å². The molecule has 0 radical (unpaired) electrons. The lowest BCUT2D eigenvalue weighted by molar-refractivity contribution is -0.189. The Morgan fingerprint density at radius 2 is 1.72 bits per heavy atom. The van der Waals surface area contributed by atoms with E-state index in [0.29, 0.717) is 5.75 Å². The van der Waals surface area contributed by atoms with Crippen molar-refractivity contribution in [3.63, 3.8) is 0 Å². The molecule has 32 heavy (non-hydrogen) atoms. The van der Waals surface area contributed by atoms with Gasteiger partial charge in [-0.05, 0) is 17.7 Å². The van der Waals surface area contributed by atoms with Crippen LogP contribution in [0.2, 0.25) is 0 Å². The fourth-order valence-corrected chi connectivity index (χ4v) is 4.76. The first-order valence-electron chi connectivity index (χ1n) is 9.83. The summed E-state index contributed by atoms with van der Waals surface area (Å²) in [4.78, 5) is 0. The van der Waals surface area contributed by atoms with Gasteiger partial charge in [0, 0.05) is 17.5 Å². The number of aliphatic hydroxyl groups is 3. The molecule has 0 saturated carbocycles. The van der Waals surface area contributed by atoms with Crippen LogP contribution in [0.4, 0.5) is 13.2 Å². The minimum absolute atomic E-state index is 0.0288. The number of ether oxygens (including phenoxy) is 1. The maximum atomic E-state index is 13.6. The molecule has 5 atom stereocenters. The fraction of sp³-hybridized carbons (Fsp3) is 0.333. The summed E-state index contributed by atoms with van der Waals surface area (Å²) < 4.78 is 46.2. The molecule has 0 aromatic heterocycles. The van der Waals surface area contributed by atoms with E-state index in [1.807, 2.05) is 30.3 Å². The van der Waals surface area contributed by atoms with Crippen LogP contribution in [-0.4, -0.2) is 56.7 Å². The summed E-state index contributed by atoms with van der Waals surface area (Å²) in [6, 6.07) is 10.2. The third-order valence-electron chi connectivity index (χ3n) is 5.31. The highest BCUT2D eigenvalue weighted by Gasteiger charge is 2.47. The second kappa shape index (κ2) is 9.69. The van der Waals surface area contributed by atoms with Crippen LogP contribution in [0.15, 0.2) is 48.7 Å². The van der Waals surface area contributed by atoms with E-state index in [9.17, 15) is 28.5 Å². The van der Waals surface area contributed by atoms with Crippen molar-refractivity contribution in [3.05, 3.63) is 77.2 Å². The molecule has 1 fully saturated rings. The van der Waals surface area contributed by atoms with E-state index in [4.69, 9.17) is 4.74 Å². The predicted molar refractivity (Wildman–Crippen MR) is 112 cm³/mol. The molecule has 2 aliphatic heterocycles. The van der Waals surface area contributed by atoms with Crippen LogP contribution < -0.4 is 11.0 Å². The summed E-state index contributed by atoms with van der Waals surface area (Å²) in [7, 11) is 0. The summed E-state index contributed by atoms with van der Waals surface area (Å²) >= 11 is 1.31. The molecule has 2 heterocycles. The van der Waals surface area contributed by atoms with E-state index >= 15 is 0 Å². The summed E-state index contributed by atoms with van der Waals surface area (Å²) in [5, 5.41) is 32.6. The van der Waals surface area contributed by atoms with Gasteiger partial charge in [-0.3, -0.25) is 5.01 Å². The molecule has 2 aliphatic rings. The molecule has 4 rings (SSSR count). The van der Waals surface area contributed by atoms with Crippen molar-refractivity contribution >= 4 is 17.5 Å². The molecule has 2 aromatic rings. The maximum absolute atomic E-state index is 13.6. The Hall–Kier alpha value is -2.28. The molecule has 0 bridgehead atoms. The van der Waals surface area contributed by atoms with Crippen LogP contribution in [0, 0.1) is 17.5 Å². The number of hydrogen-bond acceptors (Lipinski definition) is 8. The molecular weight excluding hydrogens is 447 g/mol. The van der Waals surface area contributed by atoms with Gasteiger partial charge in [-0.2, -0.15) is 0 Å². The monoisotopic (exact) mass is 469 g/mol. The Bertz CT molecular complexity index is 961. The molecule has 3 unspecified atom stereocenters. The standard InChI is InChI=1S/C21H22F3N3O4S/c22-13-6-12(7-14(23)17(13)24)15-8-27(26-25-15)18-19(29)16(9-28)31-21(20(18)30)32-10-11-4-2-1-3-5-11/h1-8,16,18-21,25-26,28-30H,9-10H2/t16?,18?,19-,20?,21+/m0/s1. The average molecular weight is 469 g/mol. The molecule has 5 N–H and O–H groups in total. The summed E-state index contributed by atoms with van der Waals surface area (Å²) in [5.41, 5.74) is 5.88. The van der Waals surface area contributed by atoms with Crippen molar-refractivity contribution in [2.45, 2.75) is 35.5 Å². The minimum Gasteiger partial charge on any atom is -0.394 e. The van der Waals surface area contributed by atoms with E-state index in [1.54, 1.807) is 0 Å². The fourth-order valence-electron chi connectivity index (χ4n) is 3.63. The Labute approximate surface area is 186 Å². The first kappa shape index (κ1) is 22.9. The number of benzene rings is 2. The number of nitrogens with one attached hydrogen (secondary N) is 2. The smallest absolute Gasteiger partial charge is 0.194 e. The molecule has 11 heteroatoms. The number of aliphatic hydroxyl groups excluding tert-OH is 3. The van der Waals surface area contributed by atoms with Crippen molar-refractivity contribution in [1.82, 2.24) is 16.0 Å². The Morgan fingerprint density at radius 3 is 2.38 bits per heavy atom. The highest BCUT2D eigenvalue weighted by atomic mass is 32.2. The van der Waals surface area contributed by atoms with Crippen LogP contribution in [-0.2, 0) is 10.5 Å². The molecule has 0 spiro atoms. The number of halogens is 3. The molecule has 7 nitrogen and oxygen atoms in total. The molecular formula is C21H22F3N3O4S. The summed E-state index contributed by atoms with van der Waals surface area (Å²) in [5.74, 6) is -3.73. The zero-order valence-corrected chi connectivity index (χ0v) is 17.5. The summed E-state index contributed by atoms with van der Waals surface area (Å²) in [6.45, 7) is -0.473. The van der Waals surface area contributed by atoms with Crippen molar-refractivity contribution in [1.29, 1.82) is 0 Å². The molecule has 1 saturated heterocycles. The second-order valence-electron chi connectivity index (χ2n) is 7.43. The number of thioether (sulfide) groups is 1. The van der Waals surface area contributed by atoms with Gasteiger partial charge in [0.2, 0.25) is 0 Å². The average Bonchev–Trinajstić information content (AvgIpc) is 3.27. The minimum atomic E-state index is -1.57. The topological polar surface area (TPSA) is 97.2 Å². The van der Waals surface area contributed by atoms with Gasteiger partial charge < -0.3 is 25.5 Å². The largest absolute Gasteiger partial charge is 0.394 e. The number of hydrogen-bond donors (Lipinski definition) is 5. The van der Waals surface area contributed by atoms with E-state index < -0.39 is 53.8 Å². The first-order valence-corrected chi connectivity index (χ1v) is 10.9. The van der Waals surface area contributed by atoms with Gasteiger partial charge in [0.25, 0.3) is 0 Å². The van der Waals surface area contributed by atoms with Gasteiger partial charge >= 0.3 is 0 Å². The number of rotatable bonds is 6. The third-order valence-corrected chi connectivity index (χ3v) is 6.53. The molecule has 2 aromatic carbocycles. The van der Waals surface area contributed by atoms with Crippen molar-refractivity contribution in [3.8, 4) is 0 Å².